The number of carbonyl (C=O) groups excluding carboxylic acids is 1. The van der Waals surface area contributed by atoms with Crippen molar-refractivity contribution in [2.75, 3.05) is 18.4 Å². The fourth-order valence-electron chi connectivity index (χ4n) is 1.84. The number of hydrogen-bond acceptors (Lipinski definition) is 3. The van der Waals surface area contributed by atoms with Gasteiger partial charge in [-0.25, -0.2) is 0 Å². The number of aliphatic carboxylic acids is 1. The van der Waals surface area contributed by atoms with Crippen LogP contribution in [0.1, 0.15) is 25.0 Å². The number of nitrogens with zero attached hydrogens (tertiary/aromatic N) is 1. The van der Waals surface area contributed by atoms with Crippen molar-refractivity contribution in [1.82, 2.24) is 4.90 Å². The number of nitrogens with one attached hydrogen (secondary N) is 1. The van der Waals surface area contributed by atoms with Gasteiger partial charge in [0.25, 0.3) is 0 Å². The Morgan fingerprint density at radius 2 is 1.90 bits per heavy atom. The highest BCUT2D eigenvalue weighted by Gasteiger charge is 2.17. The molecule has 1 amide bonds. The van der Waals surface area contributed by atoms with Crippen LogP contribution in [0.2, 0.25) is 0 Å². The molecule has 0 spiro atoms. The molecule has 5 heteroatoms. The van der Waals surface area contributed by atoms with Crippen LogP contribution in [0.5, 0.6) is 0 Å². The van der Waals surface area contributed by atoms with E-state index in [0.29, 0.717) is 0 Å². The van der Waals surface area contributed by atoms with E-state index in [1.165, 1.54) is 0 Å². The minimum atomic E-state index is -0.932. The van der Waals surface area contributed by atoms with Crippen LogP contribution in [0.25, 0.3) is 0 Å². The van der Waals surface area contributed by atoms with E-state index in [9.17, 15) is 9.59 Å². The van der Waals surface area contributed by atoms with Gasteiger partial charge in [0.05, 0.1) is 13.1 Å². The van der Waals surface area contributed by atoms with Crippen LogP contribution < -0.4 is 5.32 Å². The first-order valence-corrected chi connectivity index (χ1v) is 6.62. The second kappa shape index (κ2) is 7.05. The maximum atomic E-state index is 12.0. The Morgan fingerprint density at radius 1 is 1.25 bits per heavy atom. The van der Waals surface area contributed by atoms with Crippen LogP contribution >= 0.6 is 0 Å². The van der Waals surface area contributed by atoms with Gasteiger partial charge in [0.2, 0.25) is 5.91 Å². The summed E-state index contributed by atoms with van der Waals surface area (Å²) in [6, 6.07) is 5.83. The highest BCUT2D eigenvalue weighted by molar-refractivity contribution is 5.93. The monoisotopic (exact) mass is 278 g/mol. The lowest BCUT2D eigenvalue weighted by molar-refractivity contribution is -0.139. The molecule has 0 aromatic heterocycles. The quantitative estimate of drug-likeness (QED) is 0.835. The molecule has 2 N–H and O–H groups in total. The first-order valence-electron chi connectivity index (χ1n) is 6.62. The average molecular weight is 278 g/mol. The Morgan fingerprint density at radius 3 is 2.45 bits per heavy atom. The van der Waals surface area contributed by atoms with Gasteiger partial charge < -0.3 is 10.4 Å². The van der Waals surface area contributed by atoms with Gasteiger partial charge in [-0.15, -0.1) is 0 Å². The maximum absolute atomic E-state index is 12.0. The van der Waals surface area contributed by atoms with Crippen molar-refractivity contribution in [2.24, 2.45) is 0 Å². The SMILES string of the molecule is Cc1ccc(C)c(NC(=O)CN(CC(=O)O)C(C)C)c1. The lowest BCUT2D eigenvalue weighted by Crippen LogP contribution is -2.41. The van der Waals surface area contributed by atoms with Crippen molar-refractivity contribution in [3.8, 4) is 0 Å². The fraction of sp³-hybridized carbons (Fsp3) is 0.467. The Balaban J connectivity index is 2.70. The summed E-state index contributed by atoms with van der Waals surface area (Å²) in [6.07, 6.45) is 0. The highest BCUT2D eigenvalue weighted by atomic mass is 16.4. The van der Waals surface area contributed by atoms with Crippen molar-refractivity contribution in [1.29, 1.82) is 0 Å². The molecule has 20 heavy (non-hydrogen) atoms. The molecule has 0 bridgehead atoms. The molecule has 0 saturated carbocycles. The summed E-state index contributed by atoms with van der Waals surface area (Å²) in [5.74, 6) is -1.13. The highest BCUT2D eigenvalue weighted by Crippen LogP contribution is 2.16. The molecule has 0 unspecified atom stereocenters. The molecule has 1 aromatic rings. The van der Waals surface area contributed by atoms with Crippen LogP contribution in [0.3, 0.4) is 0 Å². The van der Waals surface area contributed by atoms with Crippen molar-refractivity contribution in [3.63, 3.8) is 0 Å². The molecule has 110 valence electrons. The normalized spacial score (nSPS) is 10.9. The first kappa shape index (κ1) is 16.2. The zero-order valence-electron chi connectivity index (χ0n) is 12.4. The topological polar surface area (TPSA) is 69.6 Å². The second-order valence-electron chi connectivity index (χ2n) is 5.26. The number of anilines is 1. The van der Waals surface area contributed by atoms with E-state index in [1.54, 1.807) is 4.90 Å². The van der Waals surface area contributed by atoms with Gasteiger partial charge in [-0.1, -0.05) is 12.1 Å². The van der Waals surface area contributed by atoms with Gasteiger partial charge in [0, 0.05) is 11.7 Å². The fourth-order valence-corrected chi connectivity index (χ4v) is 1.84. The van der Waals surface area contributed by atoms with Crippen LogP contribution in [0.4, 0.5) is 5.69 Å². The molecule has 0 saturated heterocycles. The Bertz CT molecular complexity index is 498. The van der Waals surface area contributed by atoms with E-state index in [-0.39, 0.29) is 25.0 Å². The number of amides is 1. The largest absolute Gasteiger partial charge is 0.480 e. The minimum Gasteiger partial charge on any atom is -0.480 e. The molecule has 0 heterocycles. The number of carboxylic acids is 1. The van der Waals surface area contributed by atoms with E-state index in [4.69, 9.17) is 5.11 Å². The standard InChI is InChI=1S/C15H22N2O3/c1-10(2)17(9-15(19)20)8-14(18)16-13-7-11(3)5-6-12(13)4/h5-7,10H,8-9H2,1-4H3,(H,16,18)(H,19,20). The number of hydrogen-bond donors (Lipinski definition) is 2. The zero-order chi connectivity index (χ0) is 15.3. The van der Waals surface area contributed by atoms with Crippen molar-refractivity contribution in [2.45, 2.75) is 33.7 Å². The third kappa shape index (κ3) is 5.01. The molecular weight excluding hydrogens is 256 g/mol. The smallest absolute Gasteiger partial charge is 0.317 e. The van der Waals surface area contributed by atoms with E-state index in [2.05, 4.69) is 5.32 Å². The van der Waals surface area contributed by atoms with Crippen molar-refractivity contribution >= 4 is 17.6 Å². The zero-order valence-corrected chi connectivity index (χ0v) is 12.4. The number of benzene rings is 1. The third-order valence-corrected chi connectivity index (χ3v) is 3.08. The molecule has 0 aliphatic heterocycles. The number of rotatable bonds is 6. The first-order chi connectivity index (χ1) is 9.29. The van der Waals surface area contributed by atoms with Crippen LogP contribution in [-0.2, 0) is 9.59 Å². The summed E-state index contributed by atoms with van der Waals surface area (Å²) < 4.78 is 0. The predicted octanol–water partition coefficient (Wildman–Crippen LogP) is 2.04. The van der Waals surface area contributed by atoms with E-state index >= 15 is 0 Å². The van der Waals surface area contributed by atoms with E-state index in [0.717, 1.165) is 16.8 Å². The molecule has 0 fully saturated rings. The summed E-state index contributed by atoms with van der Waals surface area (Å²) in [5, 5.41) is 11.7. The van der Waals surface area contributed by atoms with Gasteiger partial charge >= 0.3 is 5.97 Å². The summed E-state index contributed by atoms with van der Waals surface area (Å²) in [5.41, 5.74) is 2.82. The number of carboxylic acid groups (broad SMARTS) is 1. The van der Waals surface area contributed by atoms with Crippen LogP contribution in [0.15, 0.2) is 18.2 Å². The average Bonchev–Trinajstić information content (AvgIpc) is 2.32. The van der Waals surface area contributed by atoms with Crippen LogP contribution in [0, 0.1) is 13.8 Å². The Hall–Kier alpha value is -1.88. The Kier molecular flexibility index (Phi) is 5.70. The van der Waals surface area contributed by atoms with E-state index in [1.807, 2.05) is 45.9 Å². The van der Waals surface area contributed by atoms with Crippen molar-refractivity contribution < 1.29 is 14.7 Å². The number of carbonyl (C=O) groups is 2. The summed E-state index contributed by atoms with van der Waals surface area (Å²) >= 11 is 0. The summed E-state index contributed by atoms with van der Waals surface area (Å²) in [7, 11) is 0. The summed E-state index contributed by atoms with van der Waals surface area (Å²) in [4.78, 5) is 24.4. The predicted molar refractivity (Wildman–Crippen MR) is 78.9 cm³/mol. The van der Waals surface area contributed by atoms with Crippen molar-refractivity contribution in [3.05, 3.63) is 29.3 Å². The van der Waals surface area contributed by atoms with E-state index < -0.39 is 5.97 Å². The molecule has 0 radical (unpaired) electrons. The molecule has 5 nitrogen and oxygen atoms in total. The maximum Gasteiger partial charge on any atom is 0.317 e. The van der Waals surface area contributed by atoms with Gasteiger partial charge in [0.1, 0.15) is 0 Å². The van der Waals surface area contributed by atoms with Gasteiger partial charge in [-0.05, 0) is 44.9 Å². The van der Waals surface area contributed by atoms with Gasteiger partial charge in [-0.2, -0.15) is 0 Å². The number of aryl methyl sites for hydroxylation is 2. The van der Waals surface area contributed by atoms with Crippen LogP contribution in [-0.4, -0.2) is 41.0 Å². The molecule has 0 aliphatic carbocycles. The molecule has 0 atom stereocenters. The molecular formula is C15H22N2O3. The lowest BCUT2D eigenvalue weighted by Gasteiger charge is -2.23. The lowest BCUT2D eigenvalue weighted by atomic mass is 10.1. The minimum absolute atomic E-state index is 0.00421. The molecule has 1 rings (SSSR count). The van der Waals surface area contributed by atoms with Gasteiger partial charge in [-0.3, -0.25) is 14.5 Å². The third-order valence-electron chi connectivity index (χ3n) is 3.08. The molecule has 1 aromatic carbocycles. The summed E-state index contributed by atoms with van der Waals surface area (Å²) in [6.45, 7) is 7.55. The van der Waals surface area contributed by atoms with Gasteiger partial charge in [0.15, 0.2) is 0 Å². The molecule has 0 aliphatic rings. The Labute approximate surface area is 119 Å². The second-order valence-corrected chi connectivity index (χ2v) is 5.26.